The lowest BCUT2D eigenvalue weighted by molar-refractivity contribution is 0.0599. The standard InChI is InChI=1S/C28H25FO5/c1-5-23(30)26-22-14-21(18-8-7-16(3)20(13-18)28(31)32-4)24(33-6-2)15-25(22)34-27(26)17-9-11-19(29)12-10-17/h7-15H,5-6H2,1-4H3. The number of rotatable bonds is 7. The summed E-state index contributed by atoms with van der Waals surface area (Å²) >= 11 is 0. The molecule has 4 aromatic rings. The molecule has 0 spiro atoms. The largest absolute Gasteiger partial charge is 0.493 e. The number of methoxy groups -OCH3 is 1. The first-order chi connectivity index (χ1) is 16.4. The van der Waals surface area contributed by atoms with Gasteiger partial charge in [0.25, 0.3) is 0 Å². The first-order valence-corrected chi connectivity index (χ1v) is 11.1. The fourth-order valence-electron chi connectivity index (χ4n) is 4.00. The highest BCUT2D eigenvalue weighted by molar-refractivity contribution is 6.13. The Bertz CT molecular complexity index is 1380. The monoisotopic (exact) mass is 460 g/mol. The molecule has 0 saturated heterocycles. The minimum atomic E-state index is -0.429. The summed E-state index contributed by atoms with van der Waals surface area (Å²) in [5.41, 5.74) is 4.24. The molecule has 0 aliphatic carbocycles. The van der Waals surface area contributed by atoms with Gasteiger partial charge < -0.3 is 13.9 Å². The third-order valence-electron chi connectivity index (χ3n) is 5.75. The molecule has 0 aliphatic rings. The van der Waals surface area contributed by atoms with Gasteiger partial charge in [0, 0.05) is 29.0 Å². The number of carbonyl (C=O) groups is 2. The van der Waals surface area contributed by atoms with E-state index in [2.05, 4.69) is 0 Å². The second-order valence-electron chi connectivity index (χ2n) is 7.89. The van der Waals surface area contributed by atoms with Crippen LogP contribution in [0.25, 0.3) is 33.4 Å². The van der Waals surface area contributed by atoms with Crippen LogP contribution in [0.4, 0.5) is 4.39 Å². The van der Waals surface area contributed by atoms with Crippen LogP contribution in [-0.4, -0.2) is 25.5 Å². The highest BCUT2D eigenvalue weighted by Gasteiger charge is 2.24. The van der Waals surface area contributed by atoms with E-state index in [0.29, 0.717) is 45.8 Å². The molecular formula is C28H25FO5. The zero-order valence-electron chi connectivity index (χ0n) is 19.5. The number of fused-ring (bicyclic) bond motifs is 1. The summed E-state index contributed by atoms with van der Waals surface area (Å²) < 4.78 is 30.5. The van der Waals surface area contributed by atoms with Crippen molar-refractivity contribution >= 4 is 22.7 Å². The molecule has 0 fully saturated rings. The normalized spacial score (nSPS) is 11.0. The maximum Gasteiger partial charge on any atom is 0.338 e. The molecule has 6 heteroatoms. The summed E-state index contributed by atoms with van der Waals surface area (Å²) in [6.07, 6.45) is 0.280. The van der Waals surface area contributed by atoms with Crippen molar-refractivity contribution in [1.29, 1.82) is 0 Å². The van der Waals surface area contributed by atoms with Crippen LogP contribution in [-0.2, 0) is 4.74 Å². The first-order valence-electron chi connectivity index (χ1n) is 11.1. The fourth-order valence-corrected chi connectivity index (χ4v) is 4.00. The SMILES string of the molecule is CCOc1cc2oc(-c3ccc(F)cc3)c(C(=O)CC)c2cc1-c1ccc(C)c(C(=O)OC)c1. The molecule has 0 N–H and O–H groups in total. The molecular weight excluding hydrogens is 435 g/mol. The molecule has 1 aromatic heterocycles. The second-order valence-corrected chi connectivity index (χ2v) is 7.89. The molecule has 0 radical (unpaired) electrons. The number of halogens is 1. The molecule has 0 aliphatic heterocycles. The van der Waals surface area contributed by atoms with E-state index in [1.165, 1.54) is 19.2 Å². The zero-order valence-corrected chi connectivity index (χ0v) is 19.5. The molecule has 0 saturated carbocycles. The molecule has 0 amide bonds. The van der Waals surface area contributed by atoms with Gasteiger partial charge in [0.1, 0.15) is 22.9 Å². The smallest absolute Gasteiger partial charge is 0.338 e. The van der Waals surface area contributed by atoms with Gasteiger partial charge in [0.2, 0.25) is 0 Å². The van der Waals surface area contributed by atoms with E-state index < -0.39 is 5.97 Å². The Kier molecular flexibility index (Phi) is 6.50. The topological polar surface area (TPSA) is 65.7 Å². The molecule has 4 rings (SSSR count). The summed E-state index contributed by atoms with van der Waals surface area (Å²) in [6.45, 7) is 5.92. The number of Topliss-reactive ketones (excluding diaryl/α,β-unsaturated/α-hetero) is 1. The van der Waals surface area contributed by atoms with Crippen molar-refractivity contribution in [3.05, 3.63) is 77.1 Å². The second kappa shape index (κ2) is 9.51. The van der Waals surface area contributed by atoms with Crippen LogP contribution < -0.4 is 4.74 Å². The lowest BCUT2D eigenvalue weighted by Crippen LogP contribution is -2.04. The average molecular weight is 461 g/mol. The maximum absolute atomic E-state index is 13.5. The number of benzene rings is 3. The molecule has 0 bridgehead atoms. The van der Waals surface area contributed by atoms with Crippen LogP contribution in [0.3, 0.4) is 0 Å². The summed E-state index contributed by atoms with van der Waals surface area (Å²) in [5, 5.41) is 0.629. The Morgan fingerprint density at radius 2 is 1.68 bits per heavy atom. The molecule has 3 aromatic carbocycles. The van der Waals surface area contributed by atoms with Gasteiger partial charge in [-0.25, -0.2) is 9.18 Å². The van der Waals surface area contributed by atoms with E-state index in [0.717, 1.165) is 16.7 Å². The Morgan fingerprint density at radius 1 is 0.971 bits per heavy atom. The van der Waals surface area contributed by atoms with E-state index in [-0.39, 0.29) is 18.0 Å². The predicted octanol–water partition coefficient (Wildman–Crippen LogP) is 6.99. The fraction of sp³-hybridized carbons (Fsp3) is 0.214. The Balaban J connectivity index is 2.00. The molecule has 34 heavy (non-hydrogen) atoms. The highest BCUT2D eigenvalue weighted by atomic mass is 19.1. The lowest BCUT2D eigenvalue weighted by atomic mass is 9.95. The van der Waals surface area contributed by atoms with Gasteiger partial charge in [-0.1, -0.05) is 19.1 Å². The van der Waals surface area contributed by atoms with Gasteiger partial charge in [0.15, 0.2) is 5.78 Å². The van der Waals surface area contributed by atoms with Crippen LogP contribution in [0.15, 0.2) is 59.0 Å². The summed E-state index contributed by atoms with van der Waals surface area (Å²) in [7, 11) is 1.34. The number of hydrogen-bond donors (Lipinski definition) is 0. The predicted molar refractivity (Wildman–Crippen MR) is 129 cm³/mol. The van der Waals surface area contributed by atoms with Crippen LogP contribution in [0.1, 0.15) is 46.5 Å². The minimum absolute atomic E-state index is 0.0904. The van der Waals surface area contributed by atoms with Crippen molar-refractivity contribution in [2.24, 2.45) is 0 Å². The average Bonchev–Trinajstić information content (AvgIpc) is 3.22. The van der Waals surface area contributed by atoms with Crippen molar-refractivity contribution in [3.63, 3.8) is 0 Å². The Labute approximate surface area is 197 Å². The number of esters is 1. The Morgan fingerprint density at radius 3 is 2.32 bits per heavy atom. The van der Waals surface area contributed by atoms with E-state index in [1.807, 2.05) is 32.0 Å². The highest BCUT2D eigenvalue weighted by Crippen LogP contribution is 2.41. The number of furan rings is 1. The van der Waals surface area contributed by atoms with Crippen molar-refractivity contribution < 1.29 is 27.9 Å². The number of carbonyl (C=O) groups excluding carboxylic acids is 2. The maximum atomic E-state index is 13.5. The van der Waals surface area contributed by atoms with Crippen LogP contribution in [0, 0.1) is 12.7 Å². The van der Waals surface area contributed by atoms with Crippen LogP contribution in [0.5, 0.6) is 5.75 Å². The molecule has 1 heterocycles. The van der Waals surface area contributed by atoms with E-state index >= 15 is 0 Å². The van der Waals surface area contributed by atoms with E-state index in [1.54, 1.807) is 31.2 Å². The van der Waals surface area contributed by atoms with Crippen molar-refractivity contribution in [3.8, 4) is 28.2 Å². The third-order valence-corrected chi connectivity index (χ3v) is 5.75. The van der Waals surface area contributed by atoms with E-state index in [9.17, 15) is 14.0 Å². The number of aryl methyl sites for hydroxylation is 1. The van der Waals surface area contributed by atoms with Crippen molar-refractivity contribution in [2.75, 3.05) is 13.7 Å². The van der Waals surface area contributed by atoms with E-state index in [4.69, 9.17) is 13.9 Å². The summed E-state index contributed by atoms with van der Waals surface area (Å²) in [6, 6.07) is 15.0. The van der Waals surface area contributed by atoms with Gasteiger partial charge in [-0.15, -0.1) is 0 Å². The first kappa shape index (κ1) is 23.2. The van der Waals surface area contributed by atoms with Crippen molar-refractivity contribution in [2.45, 2.75) is 27.2 Å². The molecule has 174 valence electrons. The van der Waals surface area contributed by atoms with Gasteiger partial charge in [0.05, 0.1) is 24.8 Å². The summed E-state index contributed by atoms with van der Waals surface area (Å²) in [5.74, 6) is 0.0598. The van der Waals surface area contributed by atoms with Gasteiger partial charge >= 0.3 is 5.97 Å². The van der Waals surface area contributed by atoms with Crippen LogP contribution in [0.2, 0.25) is 0 Å². The summed E-state index contributed by atoms with van der Waals surface area (Å²) in [4.78, 5) is 25.3. The molecule has 0 unspecified atom stereocenters. The zero-order chi connectivity index (χ0) is 24.4. The van der Waals surface area contributed by atoms with Crippen molar-refractivity contribution in [1.82, 2.24) is 0 Å². The molecule has 0 atom stereocenters. The quantitative estimate of drug-likeness (QED) is 0.220. The number of hydrogen-bond acceptors (Lipinski definition) is 5. The van der Waals surface area contributed by atoms with Crippen LogP contribution >= 0.6 is 0 Å². The Hall–Kier alpha value is -3.93. The minimum Gasteiger partial charge on any atom is -0.493 e. The lowest BCUT2D eigenvalue weighted by Gasteiger charge is -2.13. The van der Waals surface area contributed by atoms with Gasteiger partial charge in [-0.2, -0.15) is 0 Å². The third kappa shape index (κ3) is 4.19. The number of ketones is 1. The van der Waals surface area contributed by atoms with Gasteiger partial charge in [-0.3, -0.25) is 4.79 Å². The molecule has 5 nitrogen and oxygen atoms in total. The number of ether oxygens (including phenoxy) is 2. The van der Waals surface area contributed by atoms with Gasteiger partial charge in [-0.05, 0) is 61.4 Å².